The van der Waals surface area contributed by atoms with E-state index in [0.29, 0.717) is 19.5 Å². The van der Waals surface area contributed by atoms with Crippen LogP contribution in [-0.2, 0) is 46.1 Å². The number of esters is 1. The zero-order chi connectivity index (χ0) is 52.6. The maximum atomic E-state index is 14.2. The lowest BCUT2D eigenvalue weighted by Gasteiger charge is -2.49. The number of hydrogen-bond acceptors (Lipinski definition) is 18. The molecule has 5 rings (SSSR count). The molecule has 3 aliphatic heterocycles. The zero-order valence-electron chi connectivity index (χ0n) is 44.3. The molecule has 18 atom stereocenters. The third-order valence-electron chi connectivity index (χ3n) is 15.1. The van der Waals surface area contributed by atoms with E-state index < -0.39 is 96.0 Å². The van der Waals surface area contributed by atoms with Crippen LogP contribution in [0.2, 0.25) is 0 Å². The van der Waals surface area contributed by atoms with Crippen LogP contribution in [0.25, 0.3) is 0 Å². The molecule has 3 aliphatic rings. The predicted molar refractivity (Wildman–Crippen MR) is 266 cm³/mol. The fourth-order valence-corrected chi connectivity index (χ4v) is 11.3. The van der Waals surface area contributed by atoms with Crippen molar-refractivity contribution in [3.8, 4) is 0 Å². The molecule has 0 unspecified atom stereocenters. The van der Waals surface area contributed by atoms with Gasteiger partial charge in [0.1, 0.15) is 30.0 Å². The molecule has 4 heterocycles. The van der Waals surface area contributed by atoms with Gasteiger partial charge in [-0.25, -0.2) is 4.98 Å². The summed E-state index contributed by atoms with van der Waals surface area (Å²) < 4.78 is 37.7. The Balaban J connectivity index is 0.000000522. The molecule has 0 amide bonds. The number of likely N-dealkylation sites (N-methyl/N-ethyl adjacent to an activating group) is 2. The molecule has 0 saturated carbocycles. The molecule has 5 N–H and O–H groups in total. The molecule has 19 heteroatoms. The van der Waals surface area contributed by atoms with E-state index in [9.17, 15) is 40.4 Å². The minimum absolute atomic E-state index is 0.127. The maximum Gasteiger partial charge on any atom is 0.311 e. The number of aliphatic hydroxyl groups is 5. The lowest BCUT2D eigenvalue weighted by molar-refractivity contribution is -0.384. The molecular formula is C51H86N4O14S. The first-order chi connectivity index (χ1) is 32.6. The Morgan fingerprint density at radius 2 is 1.61 bits per heavy atom. The van der Waals surface area contributed by atoms with Crippen LogP contribution in [0, 0.1) is 27.9 Å². The van der Waals surface area contributed by atoms with Gasteiger partial charge in [0.05, 0.1) is 57.2 Å². The number of nitro benzene ring substituents is 1. The van der Waals surface area contributed by atoms with Crippen molar-refractivity contribution >= 4 is 23.0 Å². The Morgan fingerprint density at radius 3 is 2.17 bits per heavy atom. The number of methoxy groups -OCH3 is 1. The number of ether oxygens (including phenoxy) is 6. The molecule has 0 spiro atoms. The first-order valence-corrected chi connectivity index (χ1v) is 26.0. The summed E-state index contributed by atoms with van der Waals surface area (Å²) in [4.78, 5) is 32.8. The monoisotopic (exact) mass is 1010 g/mol. The van der Waals surface area contributed by atoms with Gasteiger partial charge < -0.3 is 63.8 Å². The number of nitrogens with zero attached hydrogens (tertiary/aromatic N) is 4. The number of cyclic esters (lactones) is 1. The summed E-state index contributed by atoms with van der Waals surface area (Å²) in [5.41, 5.74) is -2.10. The van der Waals surface area contributed by atoms with E-state index >= 15 is 0 Å². The molecule has 2 aromatic rings. The Labute approximate surface area is 420 Å². The number of hydrogen-bond donors (Lipinski definition) is 5. The van der Waals surface area contributed by atoms with Crippen molar-refractivity contribution in [2.24, 2.45) is 17.8 Å². The summed E-state index contributed by atoms with van der Waals surface area (Å²) >= 11 is 1.63. The van der Waals surface area contributed by atoms with E-state index in [4.69, 9.17) is 28.4 Å². The molecule has 0 aliphatic carbocycles. The van der Waals surface area contributed by atoms with Gasteiger partial charge in [0.15, 0.2) is 12.6 Å². The Kier molecular flexibility index (Phi) is 21.7. The highest BCUT2D eigenvalue weighted by atomic mass is 32.1. The number of rotatable bonds is 12. The minimum Gasteiger partial charge on any atom is -0.459 e. The number of aromatic nitrogens is 1. The summed E-state index contributed by atoms with van der Waals surface area (Å²) in [7, 11) is 5.29. The fourth-order valence-electron chi connectivity index (χ4n) is 10.4. The lowest BCUT2D eigenvalue weighted by atomic mass is 9.77. The van der Waals surface area contributed by atoms with Crippen LogP contribution in [0.5, 0.6) is 0 Å². The van der Waals surface area contributed by atoms with Crippen molar-refractivity contribution in [1.82, 2.24) is 14.8 Å². The van der Waals surface area contributed by atoms with Gasteiger partial charge in [0.2, 0.25) is 0 Å². The summed E-state index contributed by atoms with van der Waals surface area (Å²) in [6.45, 7) is 22.9. The van der Waals surface area contributed by atoms with E-state index in [2.05, 4.69) is 22.2 Å². The van der Waals surface area contributed by atoms with E-state index in [1.807, 2.05) is 46.7 Å². The molecule has 1 aromatic carbocycles. The largest absolute Gasteiger partial charge is 0.459 e. The number of aliphatic hydroxyl groups excluding tert-OH is 3. The molecule has 0 radical (unpaired) electrons. The van der Waals surface area contributed by atoms with Crippen LogP contribution in [0.1, 0.15) is 125 Å². The van der Waals surface area contributed by atoms with Gasteiger partial charge in [0.25, 0.3) is 5.69 Å². The molecule has 70 heavy (non-hydrogen) atoms. The Morgan fingerprint density at radius 1 is 0.971 bits per heavy atom. The molecule has 18 nitrogen and oxygen atoms in total. The number of thiazole rings is 1. The second kappa shape index (κ2) is 25.5. The summed E-state index contributed by atoms with van der Waals surface area (Å²) in [5, 5.41) is 72.0. The van der Waals surface area contributed by atoms with Crippen LogP contribution >= 0.6 is 11.3 Å². The maximum absolute atomic E-state index is 14.2. The minimum atomic E-state index is -1.80. The Bertz CT molecular complexity index is 1940. The normalized spacial score (nSPS) is 39.6. The molecule has 3 saturated heterocycles. The number of carbonyl (C=O) groups excluding carboxylic acids is 1. The quantitative estimate of drug-likeness (QED) is 0.100. The highest BCUT2D eigenvalue weighted by molar-refractivity contribution is 7.09. The van der Waals surface area contributed by atoms with Crippen LogP contribution < -0.4 is 0 Å². The summed E-state index contributed by atoms with van der Waals surface area (Å²) in [6, 6.07) is 5.83. The number of non-ortho nitro benzene ring substituents is 1. The molecular weight excluding hydrogens is 925 g/mol. The van der Waals surface area contributed by atoms with Gasteiger partial charge in [-0.05, 0) is 106 Å². The van der Waals surface area contributed by atoms with Gasteiger partial charge in [-0.3, -0.25) is 14.9 Å². The van der Waals surface area contributed by atoms with Crippen molar-refractivity contribution in [1.29, 1.82) is 0 Å². The SMILES string of the molecule is CC[C@H]1OC(=O)[C@H](C)[C@@H](O[C@H]2C[C@@](C)(OC)[C@@H](O)[C@H](C)O2)[C@H](C)[C@@H](O[C@@H]2O[C@H](C)C[C@H](N(C)CC)[C@H]2O)[C@](C)(O)C[C@@H](C)CN(C)[C@H](C)[C@@H](O)[C@]1(C)O.CCc1csc(Cc2ccc([N+](=O)[O-])cc2)n1. The van der Waals surface area contributed by atoms with Gasteiger partial charge in [-0.1, -0.05) is 46.8 Å². The van der Waals surface area contributed by atoms with Gasteiger partial charge >= 0.3 is 5.97 Å². The number of carbonyl (C=O) groups is 1. The third kappa shape index (κ3) is 14.7. The van der Waals surface area contributed by atoms with Gasteiger partial charge in [-0.2, -0.15) is 0 Å². The predicted octanol–water partition coefficient (Wildman–Crippen LogP) is 5.50. The molecule has 1 aromatic heterocycles. The highest BCUT2D eigenvalue weighted by Crippen LogP contribution is 2.40. The first-order valence-electron chi connectivity index (χ1n) is 25.1. The Hall–Kier alpha value is -2.76. The zero-order valence-corrected chi connectivity index (χ0v) is 45.1. The highest BCUT2D eigenvalue weighted by Gasteiger charge is 2.53. The van der Waals surface area contributed by atoms with Gasteiger partial charge in [0, 0.05) is 62.0 Å². The number of benzene rings is 1. The lowest BCUT2D eigenvalue weighted by Crippen LogP contribution is -2.60. The van der Waals surface area contributed by atoms with Crippen LogP contribution in [-0.4, -0.2) is 176 Å². The second-order valence-corrected chi connectivity index (χ2v) is 21.9. The van der Waals surface area contributed by atoms with Crippen molar-refractivity contribution in [3.63, 3.8) is 0 Å². The first kappa shape index (κ1) is 59.8. The van der Waals surface area contributed by atoms with Gasteiger partial charge in [-0.15, -0.1) is 11.3 Å². The van der Waals surface area contributed by atoms with Crippen molar-refractivity contribution in [3.05, 3.63) is 56.0 Å². The topological polar surface area (TPSA) is 236 Å². The van der Waals surface area contributed by atoms with Crippen molar-refractivity contribution in [2.45, 2.75) is 212 Å². The molecule has 0 bridgehead atoms. The van der Waals surface area contributed by atoms with E-state index in [1.54, 1.807) is 65.0 Å². The summed E-state index contributed by atoms with van der Waals surface area (Å²) in [5.74, 6) is -2.58. The van der Waals surface area contributed by atoms with Crippen LogP contribution in [0.15, 0.2) is 29.6 Å². The van der Waals surface area contributed by atoms with Crippen LogP contribution in [0.3, 0.4) is 0 Å². The van der Waals surface area contributed by atoms with E-state index in [0.717, 1.165) is 29.1 Å². The second-order valence-electron chi connectivity index (χ2n) is 21.0. The average molecular weight is 1010 g/mol. The van der Waals surface area contributed by atoms with E-state index in [-0.39, 0.29) is 47.9 Å². The van der Waals surface area contributed by atoms with E-state index in [1.165, 1.54) is 26.2 Å². The van der Waals surface area contributed by atoms with Crippen molar-refractivity contribution in [2.75, 3.05) is 34.3 Å². The number of aryl methyl sites for hydroxylation is 1. The standard InChI is InChI=1S/C39H74N2O12.C12H12N2O2S/c1-15-28-39(11,47)32(43)25(7)41(13)20-21(3)18-37(9,46)34(53-36-30(42)27(40(12)16-2)17-22(4)49-36)23(5)31(24(6)35(45)51-28)52-29-19-38(10,48-14)33(44)26(8)50-29;1-2-10-8-17-12(13-10)7-9-3-5-11(6-4-9)14(15)16/h21-34,36,42-44,46-47H,15-20H2,1-14H3;3-6,8H,2,7H2,1H3/t21-,22-,23+,24-,25-,26+,27+,28-,29+,30-,31+,32-,33+,34-,36+,37-,38-,39-;/m1./s1. The smallest absolute Gasteiger partial charge is 0.311 e. The average Bonchev–Trinajstić information content (AvgIpc) is 3.77. The van der Waals surface area contributed by atoms with Crippen molar-refractivity contribution < 1.29 is 63.7 Å². The molecule has 400 valence electrons. The number of nitro groups is 1. The third-order valence-corrected chi connectivity index (χ3v) is 16.0. The summed E-state index contributed by atoms with van der Waals surface area (Å²) in [6.07, 6.45) is -6.49. The molecule has 3 fully saturated rings. The fraction of sp³-hybridized carbons (Fsp3) is 0.804. The van der Waals surface area contributed by atoms with Crippen LogP contribution in [0.4, 0.5) is 5.69 Å².